The molecule has 4 heteroatoms. The lowest BCUT2D eigenvalue weighted by atomic mass is 10.0. The van der Waals surface area contributed by atoms with Gasteiger partial charge in [0, 0.05) is 5.92 Å². The number of rotatable bonds is 6. The van der Waals surface area contributed by atoms with Crippen LogP contribution in [0.5, 0.6) is 0 Å². The van der Waals surface area contributed by atoms with Crippen LogP contribution >= 0.6 is 0 Å². The van der Waals surface area contributed by atoms with E-state index in [0.29, 0.717) is 0 Å². The van der Waals surface area contributed by atoms with Crippen molar-refractivity contribution in [3.63, 3.8) is 0 Å². The molecule has 0 heterocycles. The summed E-state index contributed by atoms with van der Waals surface area (Å²) in [6.45, 7) is 7.26. The Kier molecular flexibility index (Phi) is 6.22. The summed E-state index contributed by atoms with van der Waals surface area (Å²) in [5.74, 6) is -0.503. The second-order valence-electron chi connectivity index (χ2n) is 5.37. The van der Waals surface area contributed by atoms with Crippen molar-refractivity contribution in [1.29, 1.82) is 0 Å². The lowest BCUT2D eigenvalue weighted by Gasteiger charge is -2.20. The number of esters is 1. The summed E-state index contributed by atoms with van der Waals surface area (Å²) in [4.78, 5) is 23.7. The van der Waals surface area contributed by atoms with E-state index in [9.17, 15) is 9.59 Å². The maximum absolute atomic E-state index is 11.9. The van der Waals surface area contributed by atoms with E-state index in [1.165, 1.54) is 0 Å². The largest absolute Gasteiger partial charge is 0.463 e. The Bertz CT molecular complexity index is 440. The summed E-state index contributed by atoms with van der Waals surface area (Å²) in [7, 11) is 0. The van der Waals surface area contributed by atoms with Crippen molar-refractivity contribution >= 4 is 11.9 Å². The Morgan fingerprint density at radius 1 is 1.10 bits per heavy atom. The lowest BCUT2D eigenvalue weighted by molar-refractivity contribution is -0.148. The smallest absolute Gasteiger partial charge is 0.308 e. The van der Waals surface area contributed by atoms with Crippen LogP contribution in [0.1, 0.15) is 45.7 Å². The number of amides is 1. The van der Waals surface area contributed by atoms with Crippen LogP contribution in [0.25, 0.3) is 0 Å². The second kappa shape index (κ2) is 7.68. The Labute approximate surface area is 120 Å². The summed E-state index contributed by atoms with van der Waals surface area (Å²) in [6, 6.07) is 9.12. The molecule has 0 fully saturated rings. The SMILES string of the molecule is CC(C)OC(=O)CC(NC(=O)C(C)C)c1ccccc1. The van der Waals surface area contributed by atoms with Gasteiger partial charge in [-0.3, -0.25) is 9.59 Å². The average Bonchev–Trinajstić information content (AvgIpc) is 2.37. The van der Waals surface area contributed by atoms with Crippen LogP contribution in [0.2, 0.25) is 0 Å². The maximum Gasteiger partial charge on any atom is 0.308 e. The molecule has 1 atom stereocenters. The highest BCUT2D eigenvalue weighted by Crippen LogP contribution is 2.18. The van der Waals surface area contributed by atoms with E-state index in [1.54, 1.807) is 0 Å². The van der Waals surface area contributed by atoms with Gasteiger partial charge in [-0.1, -0.05) is 44.2 Å². The van der Waals surface area contributed by atoms with E-state index in [4.69, 9.17) is 4.74 Å². The summed E-state index contributed by atoms with van der Waals surface area (Å²) in [6.07, 6.45) is -0.0135. The third kappa shape index (κ3) is 5.43. The molecule has 110 valence electrons. The van der Waals surface area contributed by atoms with Gasteiger partial charge in [-0.2, -0.15) is 0 Å². The van der Waals surface area contributed by atoms with Crippen molar-refractivity contribution in [2.45, 2.75) is 46.3 Å². The fraction of sp³-hybridized carbons (Fsp3) is 0.500. The summed E-state index contributed by atoms with van der Waals surface area (Å²) < 4.78 is 5.15. The highest BCUT2D eigenvalue weighted by atomic mass is 16.5. The standard InChI is InChI=1S/C16H23NO3/c1-11(2)16(19)17-14(10-15(18)20-12(3)4)13-8-6-5-7-9-13/h5-9,11-12,14H,10H2,1-4H3,(H,17,19). The third-order valence-electron chi connectivity index (χ3n) is 2.78. The van der Waals surface area contributed by atoms with Crippen LogP contribution < -0.4 is 5.32 Å². The van der Waals surface area contributed by atoms with Crippen LogP contribution in [0.15, 0.2) is 30.3 Å². The quantitative estimate of drug-likeness (QED) is 0.813. The van der Waals surface area contributed by atoms with Gasteiger partial charge in [0.25, 0.3) is 0 Å². The van der Waals surface area contributed by atoms with Crippen LogP contribution in [-0.4, -0.2) is 18.0 Å². The van der Waals surface area contributed by atoms with Gasteiger partial charge in [-0.15, -0.1) is 0 Å². The number of carbonyl (C=O) groups is 2. The van der Waals surface area contributed by atoms with Gasteiger partial charge < -0.3 is 10.1 Å². The molecular weight excluding hydrogens is 254 g/mol. The average molecular weight is 277 g/mol. The molecule has 0 aromatic heterocycles. The molecule has 1 N–H and O–H groups in total. The number of hydrogen-bond acceptors (Lipinski definition) is 3. The first-order chi connectivity index (χ1) is 9.40. The molecule has 0 spiro atoms. The number of ether oxygens (including phenoxy) is 1. The zero-order chi connectivity index (χ0) is 15.1. The summed E-state index contributed by atoms with van der Waals surface area (Å²) in [5.41, 5.74) is 0.905. The van der Waals surface area contributed by atoms with Crippen molar-refractivity contribution in [1.82, 2.24) is 5.32 Å². The highest BCUT2D eigenvalue weighted by molar-refractivity contribution is 5.79. The molecule has 1 aromatic rings. The highest BCUT2D eigenvalue weighted by Gasteiger charge is 2.20. The van der Waals surface area contributed by atoms with E-state index in [0.717, 1.165) is 5.56 Å². The number of hydrogen-bond donors (Lipinski definition) is 1. The number of carbonyl (C=O) groups excluding carboxylic acids is 2. The lowest BCUT2D eigenvalue weighted by Crippen LogP contribution is -2.33. The first-order valence-corrected chi connectivity index (χ1v) is 6.95. The van der Waals surface area contributed by atoms with E-state index in [2.05, 4.69) is 5.32 Å². The zero-order valence-electron chi connectivity index (χ0n) is 12.6. The zero-order valence-corrected chi connectivity index (χ0v) is 12.6. The fourth-order valence-electron chi connectivity index (χ4n) is 1.75. The van der Waals surface area contributed by atoms with Gasteiger partial charge in [-0.25, -0.2) is 0 Å². The fourth-order valence-corrected chi connectivity index (χ4v) is 1.75. The summed E-state index contributed by atoms with van der Waals surface area (Å²) >= 11 is 0. The molecule has 0 saturated carbocycles. The van der Waals surface area contributed by atoms with Gasteiger partial charge in [0.15, 0.2) is 0 Å². The first-order valence-electron chi connectivity index (χ1n) is 6.95. The maximum atomic E-state index is 11.9. The van der Waals surface area contributed by atoms with Crippen molar-refractivity contribution in [3.8, 4) is 0 Å². The first kappa shape index (κ1) is 16.2. The topological polar surface area (TPSA) is 55.4 Å². The molecule has 1 amide bonds. The summed E-state index contributed by atoms with van der Waals surface area (Å²) in [5, 5.41) is 2.90. The van der Waals surface area contributed by atoms with E-state index in [-0.39, 0.29) is 36.4 Å². The van der Waals surface area contributed by atoms with Gasteiger partial charge >= 0.3 is 5.97 Å². The number of nitrogens with one attached hydrogen (secondary N) is 1. The minimum atomic E-state index is -0.350. The molecule has 20 heavy (non-hydrogen) atoms. The Morgan fingerprint density at radius 2 is 1.70 bits per heavy atom. The molecule has 4 nitrogen and oxygen atoms in total. The molecule has 0 aliphatic carbocycles. The molecular formula is C16H23NO3. The van der Waals surface area contributed by atoms with E-state index < -0.39 is 0 Å². The van der Waals surface area contributed by atoms with Crippen LogP contribution in [0.3, 0.4) is 0 Å². The molecule has 0 saturated heterocycles. The Morgan fingerprint density at radius 3 is 2.20 bits per heavy atom. The van der Waals surface area contributed by atoms with Crippen molar-refractivity contribution < 1.29 is 14.3 Å². The van der Waals surface area contributed by atoms with Crippen LogP contribution in [-0.2, 0) is 14.3 Å². The van der Waals surface area contributed by atoms with Gasteiger partial charge in [-0.05, 0) is 19.4 Å². The molecule has 0 radical (unpaired) electrons. The Balaban J connectivity index is 2.80. The molecule has 1 unspecified atom stereocenters. The molecule has 1 aromatic carbocycles. The monoisotopic (exact) mass is 277 g/mol. The van der Waals surface area contributed by atoms with Gasteiger partial charge in [0.05, 0.1) is 18.6 Å². The minimum absolute atomic E-state index is 0.0730. The van der Waals surface area contributed by atoms with E-state index in [1.807, 2.05) is 58.0 Å². The van der Waals surface area contributed by atoms with Crippen molar-refractivity contribution in [3.05, 3.63) is 35.9 Å². The van der Waals surface area contributed by atoms with Gasteiger partial charge in [0.1, 0.15) is 0 Å². The Hall–Kier alpha value is -1.84. The molecule has 0 aliphatic rings. The van der Waals surface area contributed by atoms with Crippen molar-refractivity contribution in [2.24, 2.45) is 5.92 Å². The predicted octanol–water partition coefficient (Wildman–Crippen LogP) is 2.84. The molecule has 1 rings (SSSR count). The molecule has 0 bridgehead atoms. The number of benzene rings is 1. The van der Waals surface area contributed by atoms with Crippen LogP contribution in [0.4, 0.5) is 0 Å². The van der Waals surface area contributed by atoms with Crippen LogP contribution in [0, 0.1) is 5.92 Å². The third-order valence-corrected chi connectivity index (χ3v) is 2.78. The predicted molar refractivity (Wildman–Crippen MR) is 78.0 cm³/mol. The second-order valence-corrected chi connectivity index (χ2v) is 5.37. The molecule has 0 aliphatic heterocycles. The van der Waals surface area contributed by atoms with Gasteiger partial charge in [0.2, 0.25) is 5.91 Å². The van der Waals surface area contributed by atoms with E-state index >= 15 is 0 Å². The van der Waals surface area contributed by atoms with Crippen molar-refractivity contribution in [2.75, 3.05) is 0 Å². The normalized spacial score (nSPS) is 12.3. The minimum Gasteiger partial charge on any atom is -0.463 e.